The first-order valence-electron chi connectivity index (χ1n) is 18.5. The van der Waals surface area contributed by atoms with Crippen LogP contribution in [0.15, 0.2) is 94.6 Å². The molecule has 0 spiro atoms. The molecule has 1 aliphatic rings. The fourth-order valence-corrected chi connectivity index (χ4v) is 8.96. The number of aryl methyl sites for hydroxylation is 1. The second-order valence-corrected chi connectivity index (χ2v) is 15.5. The van der Waals surface area contributed by atoms with Crippen LogP contribution in [0.4, 0.5) is 0 Å². The summed E-state index contributed by atoms with van der Waals surface area (Å²) < 4.78 is 41.9. The third-order valence-electron chi connectivity index (χ3n) is 9.81. The van der Waals surface area contributed by atoms with Crippen molar-refractivity contribution in [3.63, 3.8) is 0 Å². The summed E-state index contributed by atoms with van der Waals surface area (Å²) >= 11 is 0. The number of ether oxygens (including phenoxy) is 4. The zero-order chi connectivity index (χ0) is 40.5. The second kappa shape index (κ2) is 18.9. The van der Waals surface area contributed by atoms with Crippen molar-refractivity contribution in [2.75, 3.05) is 27.4 Å². The molecule has 13 nitrogen and oxygen atoms in total. The molecular formula is C42H50N5O8P. The molecule has 4 atom stereocenters. The van der Waals surface area contributed by atoms with E-state index in [4.69, 9.17) is 28.0 Å². The van der Waals surface area contributed by atoms with Crippen LogP contribution < -0.4 is 20.7 Å². The van der Waals surface area contributed by atoms with Gasteiger partial charge in [-0.25, -0.2) is 9.46 Å². The molecule has 1 aromatic heterocycles. The number of hydrogen-bond acceptors (Lipinski definition) is 11. The molecule has 5 rings (SSSR count). The molecule has 0 bridgehead atoms. The molecule has 1 aliphatic heterocycles. The van der Waals surface area contributed by atoms with Crippen LogP contribution in [0.5, 0.6) is 11.5 Å². The summed E-state index contributed by atoms with van der Waals surface area (Å²) in [7, 11) is 1.34. The molecule has 0 radical (unpaired) electrons. The van der Waals surface area contributed by atoms with Crippen molar-refractivity contribution in [1.82, 2.24) is 14.2 Å². The van der Waals surface area contributed by atoms with Crippen molar-refractivity contribution < 1.29 is 28.0 Å². The van der Waals surface area contributed by atoms with Gasteiger partial charge in [-0.1, -0.05) is 54.6 Å². The van der Waals surface area contributed by atoms with E-state index in [1.807, 2.05) is 107 Å². The van der Waals surface area contributed by atoms with Crippen LogP contribution in [0, 0.1) is 29.6 Å². The highest BCUT2D eigenvalue weighted by Crippen LogP contribution is 2.55. The summed E-state index contributed by atoms with van der Waals surface area (Å²) in [6.07, 6.45) is -0.405. The van der Waals surface area contributed by atoms with E-state index in [0.717, 1.165) is 16.7 Å². The van der Waals surface area contributed by atoms with E-state index in [-0.39, 0.29) is 44.6 Å². The highest BCUT2D eigenvalue weighted by molar-refractivity contribution is 7.44. The first kappa shape index (κ1) is 42.3. The number of aromatic amines is 1. The molecule has 3 aromatic carbocycles. The predicted octanol–water partition coefficient (Wildman–Crippen LogP) is 7.10. The lowest BCUT2D eigenvalue weighted by Crippen LogP contribution is -2.47. The standard InChI is InChI=1S/C42H50N5O8P/c1-29(2)47(30(3)4)56(53-25-11-23-43)55-41(22-24-44)26-38(46-27-31(5)39(48)45-40(46)49)54-37(41)28-52-42(32-12-9-8-10-13-32,33-14-18-35(50-6)19-15-33)34-16-20-36(51-7)21-17-34/h8-10,12-21,27,29-30,37-38H,11,22,25-26,28H2,1-7H3,(H,45,48,49)/t37-,38-,41+,56?/m1/s1. The Morgan fingerprint density at radius 3 is 2.00 bits per heavy atom. The number of hydrogen-bond donors (Lipinski definition) is 1. The average Bonchev–Trinajstić information content (AvgIpc) is 3.54. The van der Waals surface area contributed by atoms with Gasteiger partial charge in [0.15, 0.2) is 0 Å². The van der Waals surface area contributed by atoms with Crippen LogP contribution in [-0.4, -0.2) is 65.4 Å². The van der Waals surface area contributed by atoms with Crippen LogP contribution in [0.2, 0.25) is 0 Å². The first-order valence-corrected chi connectivity index (χ1v) is 19.7. The Labute approximate surface area is 329 Å². The van der Waals surface area contributed by atoms with Crippen LogP contribution in [0.3, 0.4) is 0 Å². The van der Waals surface area contributed by atoms with Crippen LogP contribution in [0.1, 0.15) is 75.4 Å². The number of nitriles is 2. The monoisotopic (exact) mass is 783 g/mol. The third kappa shape index (κ3) is 9.06. The van der Waals surface area contributed by atoms with Crippen molar-refractivity contribution in [3.8, 4) is 23.6 Å². The Hall–Kier alpha value is -4.85. The first-order chi connectivity index (χ1) is 26.9. The number of methoxy groups -OCH3 is 2. The Kier molecular flexibility index (Phi) is 14.2. The molecule has 0 saturated carbocycles. The Morgan fingerprint density at radius 2 is 1.48 bits per heavy atom. The van der Waals surface area contributed by atoms with E-state index in [1.165, 1.54) is 10.8 Å². The zero-order valence-corrected chi connectivity index (χ0v) is 33.8. The summed E-state index contributed by atoms with van der Waals surface area (Å²) in [5.74, 6) is 1.33. The van der Waals surface area contributed by atoms with Gasteiger partial charge in [0.05, 0.1) is 52.4 Å². The lowest BCUT2D eigenvalue weighted by atomic mass is 9.79. The molecule has 4 aromatic rings. The molecular weight excluding hydrogens is 733 g/mol. The lowest BCUT2D eigenvalue weighted by molar-refractivity contribution is -0.114. The highest BCUT2D eigenvalue weighted by Gasteiger charge is 2.55. The minimum Gasteiger partial charge on any atom is -0.497 e. The molecule has 56 heavy (non-hydrogen) atoms. The summed E-state index contributed by atoms with van der Waals surface area (Å²) in [4.78, 5) is 28.1. The molecule has 1 N–H and O–H groups in total. The fraction of sp³-hybridized carbons (Fsp3) is 0.429. The van der Waals surface area contributed by atoms with Gasteiger partial charge >= 0.3 is 5.69 Å². The summed E-state index contributed by atoms with van der Waals surface area (Å²) in [6.45, 7) is 9.70. The van der Waals surface area contributed by atoms with Gasteiger partial charge in [-0.3, -0.25) is 14.3 Å². The third-order valence-corrected chi connectivity index (χ3v) is 12.0. The van der Waals surface area contributed by atoms with Crippen molar-refractivity contribution in [2.24, 2.45) is 0 Å². The summed E-state index contributed by atoms with van der Waals surface area (Å²) in [5.41, 5.74) is -1.08. The van der Waals surface area contributed by atoms with E-state index < -0.39 is 43.3 Å². The van der Waals surface area contributed by atoms with Gasteiger partial charge in [0.1, 0.15) is 35.0 Å². The van der Waals surface area contributed by atoms with Crippen LogP contribution in [0.25, 0.3) is 0 Å². The molecule has 0 aliphatic carbocycles. The Morgan fingerprint density at radius 1 is 0.911 bits per heavy atom. The molecule has 1 saturated heterocycles. The minimum atomic E-state index is -1.88. The predicted molar refractivity (Wildman–Crippen MR) is 212 cm³/mol. The number of benzene rings is 3. The minimum absolute atomic E-state index is 0.0320. The van der Waals surface area contributed by atoms with Gasteiger partial charge in [-0.05, 0) is 75.6 Å². The van der Waals surface area contributed by atoms with Crippen molar-refractivity contribution in [3.05, 3.63) is 128 Å². The SMILES string of the molecule is COc1ccc(C(OC[C@H]2O[C@@H](n3cc(C)c(=O)[nH]c3=O)C[C@]2(CC#N)OP(OCCC#N)N(C(C)C)C(C)C)(c2ccccc2)c2ccc(OC)cc2)cc1. The molecule has 1 unspecified atom stereocenters. The smallest absolute Gasteiger partial charge is 0.330 e. The van der Waals surface area contributed by atoms with Crippen LogP contribution in [-0.2, 0) is 24.1 Å². The maximum absolute atomic E-state index is 13.3. The van der Waals surface area contributed by atoms with Gasteiger partial charge in [-0.2, -0.15) is 10.5 Å². The number of aromatic nitrogens is 2. The number of nitrogens with one attached hydrogen (secondary N) is 1. The van der Waals surface area contributed by atoms with E-state index in [0.29, 0.717) is 17.1 Å². The molecule has 1 fully saturated rings. The van der Waals surface area contributed by atoms with Gasteiger partial charge in [0.2, 0.25) is 0 Å². The number of H-pyrrole nitrogens is 1. The maximum Gasteiger partial charge on any atom is 0.330 e. The second-order valence-electron chi connectivity index (χ2n) is 14.1. The average molecular weight is 784 g/mol. The molecule has 296 valence electrons. The Balaban J connectivity index is 1.69. The maximum atomic E-state index is 13.3. The van der Waals surface area contributed by atoms with Gasteiger partial charge in [0, 0.05) is 30.3 Å². The zero-order valence-electron chi connectivity index (χ0n) is 32.9. The molecule has 14 heteroatoms. The Bertz CT molecular complexity index is 2040. The van der Waals surface area contributed by atoms with E-state index in [9.17, 15) is 20.1 Å². The summed E-state index contributed by atoms with van der Waals surface area (Å²) in [6, 6.07) is 29.4. The molecule has 0 amide bonds. The lowest BCUT2D eigenvalue weighted by Gasteiger charge is -2.42. The van der Waals surface area contributed by atoms with Crippen molar-refractivity contribution in [2.45, 2.75) is 89.5 Å². The quantitative estimate of drug-likeness (QED) is 0.0623. The van der Waals surface area contributed by atoms with Gasteiger partial charge < -0.3 is 28.0 Å². The highest BCUT2D eigenvalue weighted by atomic mass is 31.2. The molecule has 2 heterocycles. The normalized spacial score (nSPS) is 18.9. The van der Waals surface area contributed by atoms with Crippen molar-refractivity contribution in [1.29, 1.82) is 10.5 Å². The number of nitrogens with zero attached hydrogens (tertiary/aromatic N) is 4. The summed E-state index contributed by atoms with van der Waals surface area (Å²) in [5, 5.41) is 19.9. The van der Waals surface area contributed by atoms with Crippen molar-refractivity contribution >= 4 is 8.53 Å². The fourth-order valence-electron chi connectivity index (χ4n) is 7.11. The van der Waals surface area contributed by atoms with E-state index in [2.05, 4.69) is 21.8 Å². The van der Waals surface area contributed by atoms with E-state index in [1.54, 1.807) is 21.1 Å². The van der Waals surface area contributed by atoms with Crippen LogP contribution >= 0.6 is 8.53 Å². The largest absolute Gasteiger partial charge is 0.497 e. The van der Waals surface area contributed by atoms with Gasteiger partial charge in [0.25, 0.3) is 14.1 Å². The topological polar surface area (TPSA) is 161 Å². The number of rotatable bonds is 18. The van der Waals surface area contributed by atoms with E-state index >= 15 is 0 Å². The van der Waals surface area contributed by atoms with Gasteiger partial charge in [-0.15, -0.1) is 0 Å².